The van der Waals surface area contributed by atoms with Gasteiger partial charge in [-0.25, -0.2) is 0 Å². The molecule has 0 saturated carbocycles. The summed E-state index contributed by atoms with van der Waals surface area (Å²) in [6, 6.07) is 11.5. The Kier molecular flexibility index (Phi) is 6.42. The Labute approximate surface area is 156 Å². The average Bonchev–Trinajstić information content (AvgIpc) is 2.57. The number of carbonyl (C=O) groups excluding carboxylic acids is 2. The summed E-state index contributed by atoms with van der Waals surface area (Å²) < 4.78 is 0. The van der Waals surface area contributed by atoms with Crippen molar-refractivity contribution in [1.29, 1.82) is 0 Å². The molecule has 5 nitrogen and oxygen atoms in total. The molecule has 132 valence electrons. The van der Waals surface area contributed by atoms with Crippen molar-refractivity contribution in [3.8, 4) is 0 Å². The average molecular weight is 381 g/mol. The molecular formula is C18H20Cl2N3O2+. The number of anilines is 1. The second kappa shape index (κ2) is 8.34. The molecule has 0 heterocycles. The van der Waals surface area contributed by atoms with Gasteiger partial charge in [-0.15, -0.1) is 0 Å². The molecule has 0 aliphatic carbocycles. The largest absolute Gasteiger partial charge is 0.366 e. The minimum atomic E-state index is -0.504. The normalized spacial score (nSPS) is 13.1. The lowest BCUT2D eigenvalue weighted by Gasteiger charge is -2.21. The molecule has 1 unspecified atom stereocenters. The Balaban J connectivity index is 1.99. The van der Waals surface area contributed by atoms with E-state index in [2.05, 4.69) is 5.32 Å². The molecule has 2 amide bonds. The minimum absolute atomic E-state index is 0.130. The number of nitrogens with one attached hydrogen (secondary N) is 2. The van der Waals surface area contributed by atoms with Crippen molar-refractivity contribution in [2.24, 2.45) is 5.73 Å². The lowest BCUT2D eigenvalue weighted by atomic mass is 10.1. The zero-order valence-electron chi connectivity index (χ0n) is 14.0. The van der Waals surface area contributed by atoms with Gasteiger partial charge in [0.1, 0.15) is 6.54 Å². The van der Waals surface area contributed by atoms with Crippen molar-refractivity contribution < 1.29 is 14.5 Å². The van der Waals surface area contributed by atoms with Gasteiger partial charge in [0, 0.05) is 21.8 Å². The van der Waals surface area contributed by atoms with E-state index in [1.54, 1.807) is 36.4 Å². The number of likely N-dealkylation sites (N-methyl/N-ethyl adjacent to an activating group) is 1. The van der Waals surface area contributed by atoms with Gasteiger partial charge in [-0.05, 0) is 43.3 Å². The third-order valence-corrected chi connectivity index (χ3v) is 4.64. The first-order chi connectivity index (χ1) is 11.8. The maximum atomic E-state index is 12.4. The van der Waals surface area contributed by atoms with Crippen LogP contribution in [0, 0.1) is 0 Å². The highest BCUT2D eigenvalue weighted by molar-refractivity contribution is 6.35. The number of primary amides is 1. The van der Waals surface area contributed by atoms with Crippen LogP contribution in [0.2, 0.25) is 10.0 Å². The van der Waals surface area contributed by atoms with E-state index in [0.717, 1.165) is 10.5 Å². The lowest BCUT2D eigenvalue weighted by Crippen LogP contribution is -3.12. The first kappa shape index (κ1) is 19.2. The van der Waals surface area contributed by atoms with Crippen LogP contribution in [0.1, 0.15) is 22.8 Å². The Morgan fingerprint density at radius 2 is 1.80 bits per heavy atom. The fourth-order valence-electron chi connectivity index (χ4n) is 2.31. The second-order valence-corrected chi connectivity index (χ2v) is 6.76. The zero-order valence-corrected chi connectivity index (χ0v) is 15.5. The summed E-state index contributed by atoms with van der Waals surface area (Å²) >= 11 is 12.1. The number of amides is 2. The quantitative estimate of drug-likeness (QED) is 0.717. The molecule has 0 bridgehead atoms. The molecule has 2 aromatic carbocycles. The number of hydrogen-bond donors (Lipinski definition) is 3. The molecule has 2 rings (SSSR count). The molecule has 0 spiro atoms. The topological polar surface area (TPSA) is 76.6 Å². The highest BCUT2D eigenvalue weighted by Crippen LogP contribution is 2.20. The van der Waals surface area contributed by atoms with Crippen LogP contribution >= 0.6 is 23.2 Å². The molecule has 0 saturated heterocycles. The summed E-state index contributed by atoms with van der Waals surface area (Å²) in [5.74, 6) is -0.635. The van der Waals surface area contributed by atoms with E-state index in [1.165, 1.54) is 0 Å². The van der Waals surface area contributed by atoms with E-state index >= 15 is 0 Å². The van der Waals surface area contributed by atoms with E-state index in [4.69, 9.17) is 28.9 Å². The molecule has 0 aliphatic heterocycles. The highest BCUT2D eigenvalue weighted by Gasteiger charge is 2.22. The Bertz CT molecular complexity index is 778. The van der Waals surface area contributed by atoms with Crippen LogP contribution in [-0.4, -0.2) is 24.9 Å². The van der Waals surface area contributed by atoms with Crippen LogP contribution in [0.4, 0.5) is 5.69 Å². The molecule has 0 fully saturated rings. The maximum Gasteiger partial charge on any atom is 0.282 e. The lowest BCUT2D eigenvalue weighted by molar-refractivity contribution is -0.907. The predicted octanol–water partition coefficient (Wildman–Crippen LogP) is 2.13. The van der Waals surface area contributed by atoms with Crippen LogP contribution in [0.3, 0.4) is 0 Å². The molecular weight excluding hydrogens is 361 g/mol. The van der Waals surface area contributed by atoms with E-state index < -0.39 is 5.91 Å². The van der Waals surface area contributed by atoms with Crippen LogP contribution < -0.4 is 16.0 Å². The van der Waals surface area contributed by atoms with Gasteiger partial charge >= 0.3 is 0 Å². The number of halogens is 2. The van der Waals surface area contributed by atoms with E-state index in [9.17, 15) is 9.59 Å². The molecule has 25 heavy (non-hydrogen) atoms. The minimum Gasteiger partial charge on any atom is -0.366 e. The molecule has 4 N–H and O–H groups in total. The second-order valence-electron chi connectivity index (χ2n) is 5.91. The third kappa shape index (κ3) is 5.19. The summed E-state index contributed by atoms with van der Waals surface area (Å²) in [7, 11) is 1.92. The standard InChI is InChI=1S/C18H19Cl2N3O2/c1-11(23(2)10-13-3-6-14(19)9-16(13)20)18(25)22-15-7-4-12(5-8-15)17(21)24/h3-9,11H,10H2,1-2H3,(H2,21,24)(H,22,25)/p+1/t11-/m1/s1. The van der Waals surface area contributed by atoms with E-state index in [1.807, 2.05) is 20.0 Å². The van der Waals surface area contributed by atoms with Crippen molar-refractivity contribution in [1.82, 2.24) is 0 Å². The monoisotopic (exact) mass is 380 g/mol. The van der Waals surface area contributed by atoms with Crippen molar-refractivity contribution >= 4 is 40.7 Å². The number of carbonyl (C=O) groups is 2. The van der Waals surface area contributed by atoms with E-state index in [0.29, 0.717) is 27.8 Å². The zero-order chi connectivity index (χ0) is 18.6. The summed E-state index contributed by atoms with van der Waals surface area (Å²) in [4.78, 5) is 24.5. The molecule has 2 aromatic rings. The summed E-state index contributed by atoms with van der Waals surface area (Å²) in [6.45, 7) is 2.43. The van der Waals surface area contributed by atoms with Crippen LogP contribution in [-0.2, 0) is 11.3 Å². The van der Waals surface area contributed by atoms with Crippen LogP contribution in [0.15, 0.2) is 42.5 Å². The number of benzene rings is 2. The van der Waals surface area contributed by atoms with E-state index in [-0.39, 0.29) is 11.9 Å². The van der Waals surface area contributed by atoms with Crippen molar-refractivity contribution in [3.63, 3.8) is 0 Å². The predicted molar refractivity (Wildman–Crippen MR) is 100 cm³/mol. The van der Waals surface area contributed by atoms with Gasteiger partial charge in [0.25, 0.3) is 5.91 Å². The van der Waals surface area contributed by atoms with Gasteiger partial charge in [0.2, 0.25) is 5.91 Å². The smallest absolute Gasteiger partial charge is 0.282 e. The molecule has 0 radical (unpaired) electrons. The van der Waals surface area contributed by atoms with Crippen molar-refractivity contribution in [2.75, 3.05) is 12.4 Å². The van der Waals surface area contributed by atoms with Gasteiger partial charge in [0.15, 0.2) is 6.04 Å². The van der Waals surface area contributed by atoms with Crippen LogP contribution in [0.25, 0.3) is 0 Å². The number of hydrogen-bond acceptors (Lipinski definition) is 2. The van der Waals surface area contributed by atoms with Gasteiger partial charge in [0.05, 0.1) is 12.1 Å². The molecule has 0 aromatic heterocycles. The number of nitrogens with two attached hydrogens (primary N) is 1. The molecule has 7 heteroatoms. The fraction of sp³-hybridized carbons (Fsp3) is 0.222. The summed E-state index contributed by atoms with van der Waals surface area (Å²) in [6.07, 6.45) is 0. The SMILES string of the molecule is C[C@H](C(=O)Nc1ccc(C(N)=O)cc1)[NH+](C)Cc1ccc(Cl)cc1Cl. The maximum absolute atomic E-state index is 12.4. The number of rotatable bonds is 6. The Hall–Kier alpha value is -2.08. The molecule has 2 atom stereocenters. The van der Waals surface area contributed by atoms with Crippen molar-refractivity contribution in [3.05, 3.63) is 63.6 Å². The van der Waals surface area contributed by atoms with Gasteiger partial charge in [-0.1, -0.05) is 29.3 Å². The highest BCUT2D eigenvalue weighted by atomic mass is 35.5. The fourth-order valence-corrected chi connectivity index (χ4v) is 2.79. The number of quaternary nitrogens is 1. The van der Waals surface area contributed by atoms with Crippen LogP contribution in [0.5, 0.6) is 0 Å². The van der Waals surface area contributed by atoms with Gasteiger partial charge in [-0.2, -0.15) is 0 Å². The third-order valence-electron chi connectivity index (χ3n) is 4.05. The molecule has 0 aliphatic rings. The Morgan fingerprint density at radius 1 is 1.16 bits per heavy atom. The summed E-state index contributed by atoms with van der Waals surface area (Å²) in [5.41, 5.74) is 7.13. The van der Waals surface area contributed by atoms with Gasteiger partial charge < -0.3 is 16.0 Å². The Morgan fingerprint density at radius 3 is 2.36 bits per heavy atom. The van der Waals surface area contributed by atoms with Gasteiger partial charge in [-0.3, -0.25) is 9.59 Å². The first-order valence-electron chi connectivity index (χ1n) is 7.75. The van der Waals surface area contributed by atoms with Crippen molar-refractivity contribution in [2.45, 2.75) is 19.5 Å². The summed E-state index contributed by atoms with van der Waals surface area (Å²) in [5, 5.41) is 4.00. The first-order valence-corrected chi connectivity index (χ1v) is 8.50.